The number of fused-ring (bicyclic) bond motifs is 1. The van der Waals surface area contributed by atoms with Crippen LogP contribution in [0.15, 0.2) is 51.6 Å². The van der Waals surface area contributed by atoms with Gasteiger partial charge in [-0.3, -0.25) is 9.59 Å². The Morgan fingerprint density at radius 3 is 2.43 bits per heavy atom. The summed E-state index contributed by atoms with van der Waals surface area (Å²) in [5.41, 5.74) is 2.81. The molecule has 0 N–H and O–H groups in total. The lowest BCUT2D eigenvalue weighted by molar-refractivity contribution is -0.132. The Kier molecular flexibility index (Phi) is 7.69. The minimum Gasteiger partial charge on any atom is -0.342 e. The van der Waals surface area contributed by atoms with Crippen LogP contribution < -0.4 is 0 Å². The number of hydrogen-bond donors (Lipinski definition) is 0. The molecule has 0 radical (unpaired) electrons. The van der Waals surface area contributed by atoms with E-state index < -0.39 is 6.04 Å². The van der Waals surface area contributed by atoms with E-state index in [1.165, 1.54) is 30.3 Å². The number of rotatable bonds is 6. The summed E-state index contributed by atoms with van der Waals surface area (Å²) in [4.78, 5) is 37.3. The number of allylic oxidation sites excluding steroid dienone is 1. The van der Waals surface area contributed by atoms with Gasteiger partial charge >= 0.3 is 0 Å². The second-order valence-corrected chi connectivity index (χ2v) is 10.8. The van der Waals surface area contributed by atoms with Crippen molar-refractivity contribution in [2.24, 2.45) is 4.99 Å². The van der Waals surface area contributed by atoms with Crippen LogP contribution >= 0.6 is 11.8 Å². The molecule has 2 amide bonds. The standard InChI is InChI=1S/C27H35FN4O2S/c1-17(2)30(4)26(34)24-18(3)29-27-32(25(24)19-11-13-20(28)14-12-19)22(16-35-27)15-23(33)31(5)21-9-7-6-8-10-21/h11-14,16-17,21,25H,6-10,15H2,1-5H3. The van der Waals surface area contributed by atoms with Gasteiger partial charge in [0.25, 0.3) is 5.91 Å². The minimum atomic E-state index is -0.481. The second kappa shape index (κ2) is 10.6. The summed E-state index contributed by atoms with van der Waals surface area (Å²) in [5, 5.41) is 2.71. The van der Waals surface area contributed by atoms with E-state index in [9.17, 15) is 14.0 Å². The molecule has 0 aromatic heterocycles. The monoisotopic (exact) mass is 498 g/mol. The molecule has 1 aliphatic carbocycles. The molecule has 3 aliphatic rings. The Balaban J connectivity index is 1.68. The van der Waals surface area contributed by atoms with Crippen LogP contribution in [-0.2, 0) is 9.59 Å². The maximum atomic E-state index is 13.8. The Hall–Kier alpha value is -2.61. The van der Waals surface area contributed by atoms with Crippen molar-refractivity contribution in [3.05, 3.63) is 58.0 Å². The molecule has 0 bridgehead atoms. The lowest BCUT2D eigenvalue weighted by atomic mass is 9.92. The summed E-state index contributed by atoms with van der Waals surface area (Å²) in [6, 6.07) is 6.08. The number of aliphatic imine (C=N–C) groups is 1. The number of amides is 2. The summed E-state index contributed by atoms with van der Waals surface area (Å²) in [7, 11) is 3.69. The van der Waals surface area contributed by atoms with Gasteiger partial charge in [-0.15, -0.1) is 0 Å². The van der Waals surface area contributed by atoms with Crippen molar-refractivity contribution in [3.8, 4) is 0 Å². The number of benzene rings is 1. The number of amidine groups is 1. The number of halogens is 1. The molecule has 8 heteroatoms. The zero-order valence-electron chi connectivity index (χ0n) is 21.3. The zero-order chi connectivity index (χ0) is 25.3. The first-order chi connectivity index (χ1) is 16.7. The Morgan fingerprint density at radius 1 is 1.14 bits per heavy atom. The van der Waals surface area contributed by atoms with Gasteiger partial charge in [0.1, 0.15) is 5.82 Å². The predicted molar refractivity (Wildman–Crippen MR) is 139 cm³/mol. The molecule has 2 heterocycles. The predicted octanol–water partition coefficient (Wildman–Crippen LogP) is 5.45. The number of carbonyl (C=O) groups is 2. The van der Waals surface area contributed by atoms with Crippen molar-refractivity contribution in [2.75, 3.05) is 14.1 Å². The lowest BCUT2D eigenvalue weighted by Gasteiger charge is -2.39. The summed E-state index contributed by atoms with van der Waals surface area (Å²) in [5.74, 6) is -0.375. The summed E-state index contributed by atoms with van der Waals surface area (Å²) < 4.78 is 13.8. The smallest absolute Gasteiger partial charge is 0.254 e. The number of thioether (sulfide) groups is 1. The van der Waals surface area contributed by atoms with Gasteiger partial charge in [0, 0.05) is 31.9 Å². The Morgan fingerprint density at radius 2 is 1.80 bits per heavy atom. The lowest BCUT2D eigenvalue weighted by Crippen LogP contribution is -2.43. The first-order valence-electron chi connectivity index (χ1n) is 12.4. The molecule has 1 unspecified atom stereocenters. The van der Waals surface area contributed by atoms with Crippen LogP contribution in [0.4, 0.5) is 4.39 Å². The van der Waals surface area contributed by atoms with E-state index in [0.29, 0.717) is 11.3 Å². The number of carbonyl (C=O) groups excluding carboxylic acids is 2. The van der Waals surface area contributed by atoms with E-state index >= 15 is 0 Å². The molecule has 4 rings (SSSR count). The van der Waals surface area contributed by atoms with Crippen molar-refractivity contribution in [2.45, 2.75) is 77.4 Å². The average molecular weight is 499 g/mol. The van der Waals surface area contributed by atoms with Crippen LogP contribution in [0.1, 0.15) is 70.9 Å². The molecule has 0 spiro atoms. The quantitative estimate of drug-likeness (QED) is 0.524. The van der Waals surface area contributed by atoms with Gasteiger partial charge in [-0.1, -0.05) is 43.2 Å². The molecular formula is C27H35FN4O2S. The molecule has 6 nitrogen and oxygen atoms in total. The van der Waals surface area contributed by atoms with E-state index in [1.807, 2.05) is 43.0 Å². The highest BCUT2D eigenvalue weighted by Gasteiger charge is 2.41. The van der Waals surface area contributed by atoms with Crippen molar-refractivity contribution in [3.63, 3.8) is 0 Å². The third kappa shape index (κ3) is 5.17. The van der Waals surface area contributed by atoms with Gasteiger partial charge in [-0.05, 0) is 56.7 Å². The van der Waals surface area contributed by atoms with Gasteiger partial charge in [0.2, 0.25) is 5.91 Å². The third-order valence-corrected chi connectivity index (χ3v) is 8.25. The normalized spacial score (nSPS) is 20.5. The molecule has 35 heavy (non-hydrogen) atoms. The first kappa shape index (κ1) is 25.5. The molecule has 1 aromatic rings. The van der Waals surface area contributed by atoms with Crippen LogP contribution in [0.2, 0.25) is 0 Å². The topological polar surface area (TPSA) is 56.2 Å². The van der Waals surface area contributed by atoms with Crippen molar-refractivity contribution in [1.29, 1.82) is 0 Å². The van der Waals surface area contributed by atoms with E-state index in [1.54, 1.807) is 24.1 Å². The van der Waals surface area contributed by atoms with Crippen LogP contribution in [0.5, 0.6) is 0 Å². The molecule has 1 fully saturated rings. The van der Waals surface area contributed by atoms with Crippen LogP contribution in [-0.4, -0.2) is 57.9 Å². The molecule has 188 valence electrons. The fraction of sp³-hybridized carbons (Fsp3) is 0.519. The Labute approximate surface area is 211 Å². The van der Waals surface area contributed by atoms with E-state index in [-0.39, 0.29) is 36.1 Å². The fourth-order valence-corrected chi connectivity index (χ4v) is 5.94. The highest BCUT2D eigenvalue weighted by Crippen LogP contribution is 2.45. The largest absolute Gasteiger partial charge is 0.342 e. The Bertz CT molecular complexity index is 1070. The van der Waals surface area contributed by atoms with Gasteiger partial charge in [-0.25, -0.2) is 9.38 Å². The molecule has 1 atom stereocenters. The first-order valence-corrected chi connectivity index (χ1v) is 13.3. The summed E-state index contributed by atoms with van der Waals surface area (Å²) in [6.45, 7) is 5.78. The maximum absolute atomic E-state index is 13.8. The molecule has 2 aliphatic heterocycles. The maximum Gasteiger partial charge on any atom is 0.254 e. The van der Waals surface area contributed by atoms with Gasteiger partial charge < -0.3 is 14.7 Å². The highest BCUT2D eigenvalue weighted by molar-refractivity contribution is 8.16. The third-order valence-electron chi connectivity index (χ3n) is 7.36. The zero-order valence-corrected chi connectivity index (χ0v) is 22.1. The fourth-order valence-electron chi connectivity index (χ4n) is 4.98. The number of likely N-dealkylation sites (N-methyl/N-ethyl adjacent to an activating group) is 1. The van der Waals surface area contributed by atoms with Gasteiger partial charge in [-0.2, -0.15) is 0 Å². The number of nitrogens with zero attached hydrogens (tertiary/aromatic N) is 4. The highest BCUT2D eigenvalue weighted by atomic mass is 32.2. The second-order valence-electron chi connectivity index (χ2n) is 9.93. The van der Waals surface area contributed by atoms with Crippen LogP contribution in [0, 0.1) is 5.82 Å². The van der Waals surface area contributed by atoms with Gasteiger partial charge in [0.15, 0.2) is 5.17 Å². The average Bonchev–Trinajstić information content (AvgIpc) is 3.24. The molecule has 1 aromatic carbocycles. The van der Waals surface area contributed by atoms with Crippen LogP contribution in [0.25, 0.3) is 0 Å². The van der Waals surface area contributed by atoms with Crippen molar-refractivity contribution in [1.82, 2.24) is 14.7 Å². The number of hydrogen-bond acceptors (Lipinski definition) is 5. The van der Waals surface area contributed by atoms with Crippen molar-refractivity contribution < 1.29 is 14.0 Å². The summed E-state index contributed by atoms with van der Waals surface area (Å²) in [6.07, 6.45) is 5.89. The molecular weight excluding hydrogens is 463 g/mol. The van der Waals surface area contributed by atoms with E-state index in [2.05, 4.69) is 0 Å². The van der Waals surface area contributed by atoms with E-state index in [4.69, 9.17) is 4.99 Å². The van der Waals surface area contributed by atoms with Crippen molar-refractivity contribution >= 4 is 28.7 Å². The minimum absolute atomic E-state index is 0.00994. The molecule has 1 saturated carbocycles. The summed E-state index contributed by atoms with van der Waals surface area (Å²) >= 11 is 1.47. The SMILES string of the molecule is CC1=C(C(=O)N(C)C(C)C)C(c2ccc(F)cc2)N2C(CC(=O)N(C)C3CCCCC3)=CSC2=N1. The molecule has 0 saturated heterocycles. The van der Waals surface area contributed by atoms with Crippen LogP contribution in [0.3, 0.4) is 0 Å². The van der Waals surface area contributed by atoms with Gasteiger partial charge in [0.05, 0.1) is 23.7 Å². The van der Waals surface area contributed by atoms with E-state index in [0.717, 1.165) is 42.1 Å².